The predicted octanol–water partition coefficient (Wildman–Crippen LogP) is 1.84. The average molecular weight is 192 g/mol. The zero-order valence-electron chi connectivity index (χ0n) is 8.11. The number of hydrogen-bond acceptors (Lipinski definition) is 2. The number of amidine groups is 1. The largest absolute Gasteiger partial charge is 0.478 e. The monoisotopic (exact) mass is 192 g/mol. The molecule has 0 bridgehead atoms. The van der Waals surface area contributed by atoms with Crippen LogP contribution in [0.25, 0.3) is 0 Å². The van der Waals surface area contributed by atoms with Gasteiger partial charge in [-0.3, -0.25) is 4.99 Å². The number of rotatable bonds is 2. The Bertz CT molecular complexity index is 372. The number of hydrogen-bond donors (Lipinski definition) is 2. The van der Waals surface area contributed by atoms with Gasteiger partial charge in [-0.25, -0.2) is 4.79 Å². The molecule has 0 aliphatic heterocycles. The molecule has 0 unspecified atom stereocenters. The molecule has 0 saturated heterocycles. The van der Waals surface area contributed by atoms with Gasteiger partial charge in [-0.15, -0.1) is 0 Å². The molecule has 74 valence electrons. The first-order valence-corrected chi connectivity index (χ1v) is 4.18. The fourth-order valence-corrected chi connectivity index (χ4v) is 1.03. The molecule has 0 radical (unpaired) electrons. The van der Waals surface area contributed by atoms with E-state index in [-0.39, 0.29) is 5.56 Å². The number of anilines is 1. The number of aliphatic imine (C=N–C) groups is 1. The van der Waals surface area contributed by atoms with E-state index in [0.717, 1.165) is 0 Å². The topological polar surface area (TPSA) is 61.7 Å². The van der Waals surface area contributed by atoms with E-state index in [1.165, 1.54) is 0 Å². The summed E-state index contributed by atoms with van der Waals surface area (Å²) in [4.78, 5) is 14.7. The fraction of sp³-hybridized carbons (Fsp3) is 0.200. The summed E-state index contributed by atoms with van der Waals surface area (Å²) in [6, 6.07) is 6.72. The molecule has 0 heterocycles. The molecular weight excluding hydrogens is 180 g/mol. The molecule has 0 amide bonds. The maximum atomic E-state index is 10.8. The highest BCUT2D eigenvalue weighted by atomic mass is 16.4. The van der Waals surface area contributed by atoms with Crippen molar-refractivity contribution in [2.75, 3.05) is 12.4 Å². The number of carboxylic acids is 1. The molecule has 0 spiro atoms. The standard InChI is InChI=1S/C10H12N2O2/c1-7(11-2)12-9-6-4-3-5-8(9)10(13)14/h3-6H,1-2H3,(H,11,12)(H,13,14). The number of para-hydroxylation sites is 1. The molecule has 0 aliphatic rings. The van der Waals surface area contributed by atoms with E-state index in [0.29, 0.717) is 11.5 Å². The Labute approximate surface area is 82.3 Å². The zero-order valence-corrected chi connectivity index (χ0v) is 8.11. The first kappa shape index (κ1) is 10.2. The van der Waals surface area contributed by atoms with Gasteiger partial charge >= 0.3 is 5.97 Å². The van der Waals surface area contributed by atoms with Crippen LogP contribution >= 0.6 is 0 Å². The molecule has 2 N–H and O–H groups in total. The molecule has 0 saturated carbocycles. The Balaban J connectivity index is 3.02. The van der Waals surface area contributed by atoms with E-state index in [4.69, 9.17) is 5.11 Å². The molecular formula is C10H12N2O2. The highest BCUT2D eigenvalue weighted by Gasteiger charge is 2.08. The SMILES string of the molecule is CN=C(C)Nc1ccccc1C(=O)O. The third kappa shape index (κ3) is 2.32. The molecule has 0 fully saturated rings. The van der Waals surface area contributed by atoms with Gasteiger partial charge in [0, 0.05) is 7.05 Å². The fourth-order valence-electron chi connectivity index (χ4n) is 1.03. The molecule has 1 aromatic carbocycles. The molecule has 4 nitrogen and oxygen atoms in total. The molecule has 4 heteroatoms. The Morgan fingerprint density at radius 3 is 2.64 bits per heavy atom. The minimum Gasteiger partial charge on any atom is -0.478 e. The first-order valence-electron chi connectivity index (χ1n) is 4.18. The Hall–Kier alpha value is -1.84. The van der Waals surface area contributed by atoms with Crippen LogP contribution in [0.1, 0.15) is 17.3 Å². The van der Waals surface area contributed by atoms with Crippen LogP contribution in [-0.2, 0) is 0 Å². The van der Waals surface area contributed by atoms with Crippen molar-refractivity contribution in [3.05, 3.63) is 29.8 Å². The molecule has 0 aliphatic carbocycles. The van der Waals surface area contributed by atoms with Crippen molar-refractivity contribution in [3.8, 4) is 0 Å². The van der Waals surface area contributed by atoms with Crippen LogP contribution in [0.3, 0.4) is 0 Å². The lowest BCUT2D eigenvalue weighted by Crippen LogP contribution is -2.10. The highest BCUT2D eigenvalue weighted by molar-refractivity contribution is 6.01. The van der Waals surface area contributed by atoms with Gasteiger partial charge in [-0.2, -0.15) is 0 Å². The second kappa shape index (κ2) is 4.41. The third-order valence-corrected chi connectivity index (χ3v) is 1.81. The molecule has 0 aromatic heterocycles. The van der Waals surface area contributed by atoms with E-state index < -0.39 is 5.97 Å². The van der Waals surface area contributed by atoms with Crippen LogP contribution in [0, 0.1) is 0 Å². The van der Waals surface area contributed by atoms with Crippen molar-refractivity contribution in [2.45, 2.75) is 6.92 Å². The minimum absolute atomic E-state index is 0.246. The summed E-state index contributed by atoms with van der Waals surface area (Å²) < 4.78 is 0. The van der Waals surface area contributed by atoms with E-state index in [1.54, 1.807) is 38.2 Å². The highest BCUT2D eigenvalue weighted by Crippen LogP contribution is 2.14. The summed E-state index contributed by atoms with van der Waals surface area (Å²) in [6.07, 6.45) is 0. The van der Waals surface area contributed by atoms with Crippen molar-refractivity contribution >= 4 is 17.5 Å². The van der Waals surface area contributed by atoms with Crippen molar-refractivity contribution in [1.82, 2.24) is 0 Å². The second-order valence-corrected chi connectivity index (χ2v) is 2.78. The summed E-state index contributed by atoms with van der Waals surface area (Å²) in [7, 11) is 1.64. The van der Waals surface area contributed by atoms with Crippen molar-refractivity contribution < 1.29 is 9.90 Å². The lowest BCUT2D eigenvalue weighted by atomic mass is 10.2. The molecule has 0 atom stereocenters. The van der Waals surface area contributed by atoms with Gasteiger partial charge in [0.2, 0.25) is 0 Å². The average Bonchev–Trinajstić information content (AvgIpc) is 2.18. The number of carboxylic acid groups (broad SMARTS) is 1. The number of aromatic carboxylic acids is 1. The summed E-state index contributed by atoms with van der Waals surface area (Å²) in [5.74, 6) is -0.268. The maximum Gasteiger partial charge on any atom is 0.337 e. The van der Waals surface area contributed by atoms with E-state index in [1.807, 2.05) is 0 Å². The van der Waals surface area contributed by atoms with Crippen molar-refractivity contribution in [1.29, 1.82) is 0 Å². The van der Waals surface area contributed by atoms with Gasteiger partial charge < -0.3 is 10.4 Å². The Kier molecular flexibility index (Phi) is 3.23. The van der Waals surface area contributed by atoms with Crippen molar-refractivity contribution in [2.24, 2.45) is 4.99 Å². The lowest BCUT2D eigenvalue weighted by Gasteiger charge is -2.07. The predicted molar refractivity (Wildman–Crippen MR) is 56.1 cm³/mol. The Morgan fingerprint density at radius 2 is 2.07 bits per heavy atom. The normalized spacial score (nSPS) is 11.1. The smallest absolute Gasteiger partial charge is 0.337 e. The number of carbonyl (C=O) groups is 1. The molecule has 14 heavy (non-hydrogen) atoms. The Morgan fingerprint density at radius 1 is 1.43 bits per heavy atom. The summed E-state index contributed by atoms with van der Waals surface area (Å²) in [5, 5.41) is 11.8. The van der Waals surface area contributed by atoms with Crippen LogP contribution in [0.4, 0.5) is 5.69 Å². The van der Waals surface area contributed by atoms with Crippen LogP contribution in [0.5, 0.6) is 0 Å². The van der Waals surface area contributed by atoms with Crippen LogP contribution in [0.2, 0.25) is 0 Å². The van der Waals surface area contributed by atoms with Crippen molar-refractivity contribution in [3.63, 3.8) is 0 Å². The van der Waals surface area contributed by atoms with Crippen LogP contribution in [0.15, 0.2) is 29.3 Å². The van der Waals surface area contributed by atoms with Crippen LogP contribution in [-0.4, -0.2) is 24.0 Å². The van der Waals surface area contributed by atoms with E-state index in [9.17, 15) is 4.79 Å². The van der Waals surface area contributed by atoms with Gasteiger partial charge in [-0.1, -0.05) is 12.1 Å². The maximum absolute atomic E-state index is 10.8. The zero-order chi connectivity index (χ0) is 10.6. The quantitative estimate of drug-likeness (QED) is 0.555. The first-order chi connectivity index (χ1) is 6.65. The molecule has 1 aromatic rings. The van der Waals surface area contributed by atoms with Gasteiger partial charge in [0.25, 0.3) is 0 Å². The van der Waals surface area contributed by atoms with Gasteiger partial charge in [0.1, 0.15) is 0 Å². The summed E-state index contributed by atoms with van der Waals surface area (Å²) in [6.45, 7) is 1.78. The van der Waals surface area contributed by atoms with E-state index in [2.05, 4.69) is 10.3 Å². The van der Waals surface area contributed by atoms with E-state index >= 15 is 0 Å². The number of nitrogens with zero attached hydrogens (tertiary/aromatic N) is 1. The molecule has 1 rings (SSSR count). The minimum atomic E-state index is -0.947. The number of benzene rings is 1. The second-order valence-electron chi connectivity index (χ2n) is 2.78. The lowest BCUT2D eigenvalue weighted by molar-refractivity contribution is 0.0698. The van der Waals surface area contributed by atoms with Gasteiger partial charge in [-0.05, 0) is 19.1 Å². The summed E-state index contributed by atoms with van der Waals surface area (Å²) >= 11 is 0. The summed E-state index contributed by atoms with van der Waals surface area (Å²) in [5.41, 5.74) is 0.804. The number of nitrogens with one attached hydrogen (secondary N) is 1. The van der Waals surface area contributed by atoms with Gasteiger partial charge in [0.05, 0.1) is 17.1 Å². The van der Waals surface area contributed by atoms with Gasteiger partial charge in [0.15, 0.2) is 0 Å². The third-order valence-electron chi connectivity index (χ3n) is 1.81. The van der Waals surface area contributed by atoms with Crippen LogP contribution < -0.4 is 5.32 Å².